The Morgan fingerprint density at radius 1 is 1.24 bits per heavy atom. The van der Waals surface area contributed by atoms with Gasteiger partial charge >= 0.3 is 0 Å². The molecule has 1 saturated carbocycles. The topological polar surface area (TPSA) is 50.8 Å². The summed E-state index contributed by atoms with van der Waals surface area (Å²) in [6.07, 6.45) is 3.25. The Labute approximate surface area is 150 Å². The molecular formula is C20H30N2O3. The summed E-state index contributed by atoms with van der Waals surface area (Å²) in [5.74, 6) is 2.13. The van der Waals surface area contributed by atoms with E-state index in [1.54, 1.807) is 14.2 Å². The number of carbonyl (C=O) groups excluding carboxylic acids is 1. The number of para-hydroxylation sites is 1. The first kappa shape index (κ1) is 18.2. The van der Waals surface area contributed by atoms with Gasteiger partial charge in [0.15, 0.2) is 0 Å². The van der Waals surface area contributed by atoms with Crippen molar-refractivity contribution in [3.05, 3.63) is 29.8 Å². The minimum absolute atomic E-state index is 0.109. The molecule has 2 aliphatic rings. The van der Waals surface area contributed by atoms with Gasteiger partial charge in [0.05, 0.1) is 13.7 Å². The summed E-state index contributed by atoms with van der Waals surface area (Å²) in [5.41, 5.74) is 1.16. The molecule has 0 spiro atoms. The fourth-order valence-electron chi connectivity index (χ4n) is 3.81. The number of methoxy groups -OCH3 is 2. The fraction of sp³-hybridized carbons (Fsp3) is 0.650. The first-order valence-corrected chi connectivity index (χ1v) is 9.34. The molecule has 1 N–H and O–H groups in total. The Balaban J connectivity index is 1.40. The molecular weight excluding hydrogens is 316 g/mol. The lowest BCUT2D eigenvalue weighted by atomic mass is 9.96. The Morgan fingerprint density at radius 3 is 2.72 bits per heavy atom. The van der Waals surface area contributed by atoms with E-state index >= 15 is 0 Å². The summed E-state index contributed by atoms with van der Waals surface area (Å²) in [4.78, 5) is 14.9. The number of piperidine rings is 1. The lowest BCUT2D eigenvalue weighted by Crippen LogP contribution is -2.40. The zero-order valence-corrected chi connectivity index (χ0v) is 15.4. The van der Waals surface area contributed by atoms with Gasteiger partial charge in [0.25, 0.3) is 0 Å². The summed E-state index contributed by atoms with van der Waals surface area (Å²) in [6.45, 7) is 4.84. The third kappa shape index (κ3) is 4.73. The van der Waals surface area contributed by atoms with Crippen LogP contribution in [0.15, 0.2) is 24.3 Å². The Bertz CT molecular complexity index is 570. The zero-order chi connectivity index (χ0) is 17.6. The van der Waals surface area contributed by atoms with Crippen molar-refractivity contribution in [2.75, 3.05) is 47.0 Å². The van der Waals surface area contributed by atoms with E-state index in [1.165, 1.54) is 0 Å². The molecule has 1 aromatic carbocycles. The first-order valence-electron chi connectivity index (χ1n) is 9.34. The quantitative estimate of drug-likeness (QED) is 0.785. The van der Waals surface area contributed by atoms with Crippen molar-refractivity contribution in [2.24, 2.45) is 11.8 Å². The smallest absolute Gasteiger partial charge is 0.223 e. The normalized spacial score (nSPS) is 24.1. The number of ether oxygens (including phenoxy) is 2. The van der Waals surface area contributed by atoms with Gasteiger partial charge in [0.1, 0.15) is 5.75 Å². The number of carbonyl (C=O) groups is 1. The molecule has 1 aliphatic heterocycles. The molecule has 1 aliphatic carbocycles. The van der Waals surface area contributed by atoms with Crippen molar-refractivity contribution in [3.63, 3.8) is 0 Å². The number of amides is 1. The lowest BCUT2D eigenvalue weighted by molar-refractivity contribution is -0.122. The molecule has 1 amide bonds. The highest BCUT2D eigenvalue weighted by Crippen LogP contribution is 2.50. The molecule has 3 rings (SSSR count). The van der Waals surface area contributed by atoms with Gasteiger partial charge < -0.3 is 19.7 Å². The Kier molecular flexibility index (Phi) is 6.32. The largest absolute Gasteiger partial charge is 0.496 e. The number of benzene rings is 1. The molecule has 1 heterocycles. The second kappa shape index (κ2) is 8.68. The molecule has 5 heteroatoms. The summed E-state index contributed by atoms with van der Waals surface area (Å²) in [7, 11) is 3.44. The van der Waals surface area contributed by atoms with E-state index in [4.69, 9.17) is 9.47 Å². The van der Waals surface area contributed by atoms with Crippen molar-refractivity contribution in [1.82, 2.24) is 10.2 Å². The van der Waals surface area contributed by atoms with Crippen LogP contribution in [0.25, 0.3) is 0 Å². The number of likely N-dealkylation sites (tertiary alicyclic amines) is 1. The maximum atomic E-state index is 12.5. The van der Waals surface area contributed by atoms with E-state index in [9.17, 15) is 4.79 Å². The van der Waals surface area contributed by atoms with Gasteiger partial charge in [-0.05, 0) is 55.8 Å². The monoisotopic (exact) mass is 346 g/mol. The van der Waals surface area contributed by atoms with E-state index in [0.717, 1.165) is 63.4 Å². The van der Waals surface area contributed by atoms with E-state index in [2.05, 4.69) is 16.3 Å². The number of nitrogens with one attached hydrogen (secondary N) is 1. The third-order valence-electron chi connectivity index (χ3n) is 5.55. The van der Waals surface area contributed by atoms with Gasteiger partial charge in [-0.1, -0.05) is 18.2 Å². The van der Waals surface area contributed by atoms with Crippen molar-refractivity contribution < 1.29 is 14.3 Å². The summed E-state index contributed by atoms with van der Waals surface area (Å²) in [5, 5.41) is 3.19. The predicted molar refractivity (Wildman–Crippen MR) is 97.9 cm³/mol. The maximum absolute atomic E-state index is 12.5. The molecule has 2 fully saturated rings. The second-order valence-electron chi connectivity index (χ2n) is 7.21. The van der Waals surface area contributed by atoms with Gasteiger partial charge in [0.2, 0.25) is 5.91 Å². The van der Waals surface area contributed by atoms with Crippen LogP contribution in [0.4, 0.5) is 0 Å². The molecule has 0 aromatic heterocycles. The Morgan fingerprint density at radius 2 is 2.00 bits per heavy atom. The average Bonchev–Trinajstić information content (AvgIpc) is 3.46. The van der Waals surface area contributed by atoms with Gasteiger partial charge in [-0.15, -0.1) is 0 Å². The predicted octanol–water partition coefficient (Wildman–Crippen LogP) is 2.27. The molecule has 0 radical (unpaired) electrons. The third-order valence-corrected chi connectivity index (χ3v) is 5.55. The van der Waals surface area contributed by atoms with Crippen molar-refractivity contribution in [2.45, 2.75) is 25.2 Å². The second-order valence-corrected chi connectivity index (χ2v) is 7.21. The highest BCUT2D eigenvalue weighted by Gasteiger charge is 2.45. The van der Waals surface area contributed by atoms with Crippen LogP contribution in [0.2, 0.25) is 0 Å². The van der Waals surface area contributed by atoms with Crippen LogP contribution in [-0.4, -0.2) is 57.8 Å². The van der Waals surface area contributed by atoms with Crippen LogP contribution >= 0.6 is 0 Å². The van der Waals surface area contributed by atoms with Crippen molar-refractivity contribution in [3.8, 4) is 5.75 Å². The molecule has 138 valence electrons. The number of hydrogen-bond donors (Lipinski definition) is 1. The lowest BCUT2D eigenvalue weighted by Gasteiger charge is -2.31. The molecule has 5 nitrogen and oxygen atoms in total. The highest BCUT2D eigenvalue weighted by molar-refractivity contribution is 5.83. The van der Waals surface area contributed by atoms with Crippen LogP contribution in [0, 0.1) is 11.8 Å². The average molecular weight is 346 g/mol. The Hall–Kier alpha value is -1.59. The molecule has 1 saturated heterocycles. The van der Waals surface area contributed by atoms with E-state index < -0.39 is 0 Å². The number of hydrogen-bond acceptors (Lipinski definition) is 4. The summed E-state index contributed by atoms with van der Waals surface area (Å²) >= 11 is 0. The maximum Gasteiger partial charge on any atom is 0.223 e. The fourth-order valence-corrected chi connectivity index (χ4v) is 3.81. The standard InChI is InChI=1S/C20H30N2O3/c1-24-12-11-22-9-7-15(8-10-22)14-21-20(23)18-13-17(18)16-5-3-4-6-19(16)25-2/h3-6,15,17-18H,7-14H2,1-2H3,(H,21,23). The molecule has 2 unspecified atom stereocenters. The minimum atomic E-state index is 0.109. The zero-order valence-electron chi connectivity index (χ0n) is 15.4. The van der Waals surface area contributed by atoms with Gasteiger partial charge in [-0.25, -0.2) is 0 Å². The van der Waals surface area contributed by atoms with Crippen molar-refractivity contribution in [1.29, 1.82) is 0 Å². The van der Waals surface area contributed by atoms with Crippen LogP contribution in [-0.2, 0) is 9.53 Å². The molecule has 2 atom stereocenters. The molecule has 0 bridgehead atoms. The van der Waals surface area contributed by atoms with Crippen LogP contribution in [0.1, 0.15) is 30.7 Å². The SMILES string of the molecule is COCCN1CCC(CNC(=O)C2CC2c2ccccc2OC)CC1. The van der Waals surface area contributed by atoms with Gasteiger partial charge in [-0.2, -0.15) is 0 Å². The van der Waals surface area contributed by atoms with Crippen LogP contribution in [0.3, 0.4) is 0 Å². The van der Waals surface area contributed by atoms with Crippen molar-refractivity contribution >= 4 is 5.91 Å². The van der Waals surface area contributed by atoms with E-state index in [-0.39, 0.29) is 11.8 Å². The van der Waals surface area contributed by atoms with Crippen LogP contribution < -0.4 is 10.1 Å². The minimum Gasteiger partial charge on any atom is -0.496 e. The molecule has 1 aromatic rings. The number of nitrogens with zero attached hydrogens (tertiary/aromatic N) is 1. The van der Waals surface area contributed by atoms with E-state index in [1.807, 2.05) is 18.2 Å². The van der Waals surface area contributed by atoms with Gasteiger partial charge in [0, 0.05) is 26.1 Å². The highest BCUT2D eigenvalue weighted by atomic mass is 16.5. The van der Waals surface area contributed by atoms with Gasteiger partial charge in [-0.3, -0.25) is 4.79 Å². The summed E-state index contributed by atoms with van der Waals surface area (Å²) in [6, 6.07) is 8.04. The van der Waals surface area contributed by atoms with Crippen LogP contribution in [0.5, 0.6) is 5.75 Å². The van der Waals surface area contributed by atoms with E-state index in [0.29, 0.717) is 11.8 Å². The first-order chi connectivity index (χ1) is 12.2. The molecule has 25 heavy (non-hydrogen) atoms. The summed E-state index contributed by atoms with van der Waals surface area (Å²) < 4.78 is 10.6. The number of rotatable bonds is 8.